The second kappa shape index (κ2) is 7.92. The molecule has 0 aliphatic heterocycles. The third-order valence-corrected chi connectivity index (χ3v) is 5.46. The molecule has 0 bridgehead atoms. The number of carbonyl (C=O) groups excluding carboxylic acids is 2. The van der Waals surface area contributed by atoms with Gasteiger partial charge in [-0.3, -0.25) is 9.59 Å². The molecule has 1 amide bonds. The molecule has 136 valence electrons. The Bertz CT molecular complexity index is 798. The van der Waals surface area contributed by atoms with E-state index in [1.807, 2.05) is 37.3 Å². The monoisotopic (exact) mass is 371 g/mol. The molecule has 0 saturated heterocycles. The second-order valence-corrected chi connectivity index (χ2v) is 7.10. The molecule has 5 heteroatoms. The van der Waals surface area contributed by atoms with Gasteiger partial charge >= 0.3 is 5.97 Å². The minimum atomic E-state index is -0.631. The molecular formula is C21H22ClNO3. The van der Waals surface area contributed by atoms with E-state index >= 15 is 0 Å². The van der Waals surface area contributed by atoms with Gasteiger partial charge in [-0.25, -0.2) is 0 Å². The highest BCUT2D eigenvalue weighted by Crippen LogP contribution is 2.42. The molecule has 0 radical (unpaired) electrons. The fourth-order valence-corrected chi connectivity index (χ4v) is 3.72. The van der Waals surface area contributed by atoms with Crippen LogP contribution in [-0.2, 0) is 19.7 Å². The predicted molar refractivity (Wildman–Crippen MR) is 102 cm³/mol. The van der Waals surface area contributed by atoms with Crippen molar-refractivity contribution in [2.45, 2.75) is 38.0 Å². The number of amides is 1. The Balaban J connectivity index is 1.65. The zero-order valence-corrected chi connectivity index (χ0v) is 15.5. The van der Waals surface area contributed by atoms with E-state index in [4.69, 9.17) is 16.3 Å². The molecule has 0 unspecified atom stereocenters. The van der Waals surface area contributed by atoms with Crippen molar-refractivity contribution in [3.63, 3.8) is 0 Å². The lowest BCUT2D eigenvalue weighted by molar-refractivity contribution is -0.153. The van der Waals surface area contributed by atoms with Gasteiger partial charge in [0.2, 0.25) is 0 Å². The van der Waals surface area contributed by atoms with Crippen LogP contribution in [0.3, 0.4) is 0 Å². The van der Waals surface area contributed by atoms with Gasteiger partial charge < -0.3 is 10.1 Å². The standard InChI is InChI=1S/C21H22ClNO3/c1-15-17(22)10-7-11-18(15)23-19(24)14-26-20(25)21(12-5-6-13-21)16-8-3-2-4-9-16/h2-4,7-11H,5-6,12-14H2,1H3,(H,23,24). The molecule has 0 spiro atoms. The van der Waals surface area contributed by atoms with Crippen LogP contribution in [0.25, 0.3) is 0 Å². The average Bonchev–Trinajstić information content (AvgIpc) is 3.15. The molecule has 3 rings (SSSR count). The highest BCUT2D eigenvalue weighted by Gasteiger charge is 2.44. The Labute approximate surface area is 158 Å². The number of carbonyl (C=O) groups is 2. The van der Waals surface area contributed by atoms with Crippen molar-refractivity contribution in [2.24, 2.45) is 0 Å². The number of anilines is 1. The fraction of sp³-hybridized carbons (Fsp3) is 0.333. The number of hydrogen-bond donors (Lipinski definition) is 1. The predicted octanol–water partition coefficient (Wildman–Crippen LogP) is 4.64. The maximum absolute atomic E-state index is 12.8. The van der Waals surface area contributed by atoms with E-state index in [9.17, 15) is 9.59 Å². The fourth-order valence-electron chi connectivity index (χ4n) is 3.54. The summed E-state index contributed by atoms with van der Waals surface area (Å²) in [4.78, 5) is 25.0. The van der Waals surface area contributed by atoms with Crippen molar-refractivity contribution < 1.29 is 14.3 Å². The summed E-state index contributed by atoms with van der Waals surface area (Å²) in [6.07, 6.45) is 3.48. The van der Waals surface area contributed by atoms with E-state index in [1.165, 1.54) is 0 Å². The Hall–Kier alpha value is -2.33. The van der Waals surface area contributed by atoms with E-state index in [2.05, 4.69) is 5.32 Å². The molecular weight excluding hydrogens is 350 g/mol. The van der Waals surface area contributed by atoms with Gasteiger partial charge in [0.25, 0.3) is 5.91 Å². The van der Waals surface area contributed by atoms with Crippen molar-refractivity contribution in [3.8, 4) is 0 Å². The third-order valence-electron chi connectivity index (χ3n) is 5.05. The van der Waals surface area contributed by atoms with E-state index in [-0.39, 0.29) is 18.5 Å². The Morgan fingerprint density at radius 3 is 2.46 bits per heavy atom. The molecule has 2 aromatic carbocycles. The number of nitrogens with one attached hydrogen (secondary N) is 1. The maximum atomic E-state index is 12.8. The zero-order chi connectivity index (χ0) is 18.6. The van der Waals surface area contributed by atoms with Gasteiger partial charge in [0.05, 0.1) is 5.41 Å². The highest BCUT2D eigenvalue weighted by molar-refractivity contribution is 6.31. The first-order valence-electron chi connectivity index (χ1n) is 8.81. The van der Waals surface area contributed by atoms with Gasteiger partial charge in [0, 0.05) is 10.7 Å². The molecule has 26 heavy (non-hydrogen) atoms. The summed E-state index contributed by atoms with van der Waals surface area (Å²) in [5, 5.41) is 3.33. The van der Waals surface area contributed by atoms with Gasteiger partial charge in [-0.05, 0) is 43.0 Å². The zero-order valence-electron chi connectivity index (χ0n) is 14.8. The van der Waals surface area contributed by atoms with Crippen molar-refractivity contribution in [1.82, 2.24) is 0 Å². The lowest BCUT2D eigenvalue weighted by Crippen LogP contribution is -2.36. The number of halogens is 1. The van der Waals surface area contributed by atoms with E-state index in [0.717, 1.165) is 36.8 Å². The van der Waals surface area contributed by atoms with E-state index in [1.54, 1.807) is 18.2 Å². The minimum absolute atomic E-state index is 0.306. The quantitative estimate of drug-likeness (QED) is 0.779. The second-order valence-electron chi connectivity index (χ2n) is 6.69. The summed E-state index contributed by atoms with van der Waals surface area (Å²) in [5.74, 6) is -0.691. The smallest absolute Gasteiger partial charge is 0.317 e. The SMILES string of the molecule is Cc1c(Cl)cccc1NC(=O)COC(=O)C1(c2ccccc2)CCCC1. The van der Waals surface area contributed by atoms with Crippen LogP contribution in [0, 0.1) is 6.92 Å². The van der Waals surface area contributed by atoms with Crippen LogP contribution in [0.15, 0.2) is 48.5 Å². The number of ether oxygens (including phenoxy) is 1. The summed E-state index contributed by atoms with van der Waals surface area (Å²) in [6, 6.07) is 15.0. The van der Waals surface area contributed by atoms with Gasteiger partial charge in [0.15, 0.2) is 6.61 Å². The molecule has 0 atom stereocenters. The van der Waals surface area contributed by atoms with Gasteiger partial charge in [-0.1, -0.05) is 60.8 Å². The molecule has 1 fully saturated rings. The molecule has 0 heterocycles. The van der Waals surface area contributed by atoms with E-state index in [0.29, 0.717) is 10.7 Å². The van der Waals surface area contributed by atoms with Crippen LogP contribution in [0.1, 0.15) is 36.8 Å². The van der Waals surface area contributed by atoms with Crippen LogP contribution < -0.4 is 5.32 Å². The summed E-state index contributed by atoms with van der Waals surface area (Å²) >= 11 is 6.06. The Morgan fingerprint density at radius 2 is 1.77 bits per heavy atom. The summed E-state index contributed by atoms with van der Waals surface area (Å²) in [5.41, 5.74) is 1.74. The van der Waals surface area contributed by atoms with Gasteiger partial charge in [-0.15, -0.1) is 0 Å². The van der Waals surface area contributed by atoms with Crippen LogP contribution in [0.4, 0.5) is 5.69 Å². The van der Waals surface area contributed by atoms with Crippen molar-refractivity contribution in [2.75, 3.05) is 11.9 Å². The number of rotatable bonds is 5. The van der Waals surface area contributed by atoms with Crippen LogP contribution in [-0.4, -0.2) is 18.5 Å². The average molecular weight is 372 g/mol. The van der Waals surface area contributed by atoms with Gasteiger partial charge in [-0.2, -0.15) is 0 Å². The lowest BCUT2D eigenvalue weighted by Gasteiger charge is -2.27. The first-order valence-corrected chi connectivity index (χ1v) is 9.18. The molecule has 0 aromatic heterocycles. The highest BCUT2D eigenvalue weighted by atomic mass is 35.5. The van der Waals surface area contributed by atoms with Crippen molar-refractivity contribution in [3.05, 3.63) is 64.7 Å². The first kappa shape index (κ1) is 18.5. The Kier molecular flexibility index (Phi) is 5.62. The summed E-state index contributed by atoms with van der Waals surface area (Å²) in [7, 11) is 0. The lowest BCUT2D eigenvalue weighted by atomic mass is 9.79. The van der Waals surface area contributed by atoms with Crippen LogP contribution >= 0.6 is 11.6 Å². The largest absolute Gasteiger partial charge is 0.455 e. The summed E-state index contributed by atoms with van der Waals surface area (Å²) < 4.78 is 5.40. The number of benzene rings is 2. The normalized spacial score (nSPS) is 15.5. The third kappa shape index (κ3) is 3.75. The van der Waals surface area contributed by atoms with Crippen LogP contribution in [0.2, 0.25) is 5.02 Å². The molecule has 2 aromatic rings. The van der Waals surface area contributed by atoms with Crippen molar-refractivity contribution in [1.29, 1.82) is 0 Å². The first-order chi connectivity index (χ1) is 12.5. The topological polar surface area (TPSA) is 55.4 Å². The molecule has 4 nitrogen and oxygen atoms in total. The van der Waals surface area contributed by atoms with Crippen LogP contribution in [0.5, 0.6) is 0 Å². The van der Waals surface area contributed by atoms with E-state index < -0.39 is 5.41 Å². The summed E-state index contributed by atoms with van der Waals surface area (Å²) in [6.45, 7) is 1.52. The number of esters is 1. The molecule has 1 saturated carbocycles. The van der Waals surface area contributed by atoms with Gasteiger partial charge in [0.1, 0.15) is 0 Å². The minimum Gasteiger partial charge on any atom is -0.455 e. The maximum Gasteiger partial charge on any atom is 0.317 e. The molecule has 1 aliphatic rings. The van der Waals surface area contributed by atoms with Crippen molar-refractivity contribution >= 4 is 29.2 Å². The molecule has 1 N–H and O–H groups in total. The Morgan fingerprint density at radius 1 is 1.08 bits per heavy atom. The molecule has 1 aliphatic carbocycles. The number of hydrogen-bond acceptors (Lipinski definition) is 3.